The van der Waals surface area contributed by atoms with Gasteiger partial charge in [-0.3, -0.25) is 9.80 Å². The molecule has 0 spiro atoms. The molecule has 2 saturated heterocycles. The molecule has 2 fully saturated rings. The van der Waals surface area contributed by atoms with Crippen LogP contribution < -0.4 is 5.32 Å². The van der Waals surface area contributed by atoms with Gasteiger partial charge in [-0.2, -0.15) is 13.2 Å². The van der Waals surface area contributed by atoms with Crippen molar-refractivity contribution < 1.29 is 37.3 Å². The molecule has 232 valence electrons. The number of rotatable bonds is 11. The van der Waals surface area contributed by atoms with Crippen LogP contribution in [0.4, 0.5) is 22.4 Å². The first-order chi connectivity index (χ1) is 20.7. The third-order valence-electron chi connectivity index (χ3n) is 8.44. The molecule has 0 radical (unpaired) electrons. The van der Waals surface area contributed by atoms with E-state index < -0.39 is 47.7 Å². The summed E-state index contributed by atoms with van der Waals surface area (Å²) in [7, 11) is 1.49. The zero-order valence-electron chi connectivity index (χ0n) is 23.8. The fourth-order valence-corrected chi connectivity index (χ4v) is 6.55. The van der Waals surface area contributed by atoms with Gasteiger partial charge in [0.15, 0.2) is 0 Å². The van der Waals surface area contributed by atoms with Crippen LogP contribution in [0.15, 0.2) is 66.4 Å². The molecule has 0 bridgehead atoms. The summed E-state index contributed by atoms with van der Waals surface area (Å²) >= 11 is 0. The fourth-order valence-electron chi connectivity index (χ4n) is 6.55. The Hall–Kier alpha value is -3.29. The number of methoxy groups -OCH3 is 1. The molecule has 2 amide bonds. The summed E-state index contributed by atoms with van der Waals surface area (Å²) in [5, 5.41) is 22.3. The first-order valence-electron chi connectivity index (χ1n) is 14.3. The maximum Gasteiger partial charge on any atom is 0.416 e. The summed E-state index contributed by atoms with van der Waals surface area (Å²) in [4.78, 5) is 19.1. The van der Waals surface area contributed by atoms with E-state index in [2.05, 4.69) is 5.32 Å². The van der Waals surface area contributed by atoms with Crippen molar-refractivity contribution in [2.75, 3.05) is 46.5 Å². The molecule has 0 aromatic heterocycles. The third-order valence-corrected chi connectivity index (χ3v) is 8.44. The average molecular weight is 605 g/mol. The molecular formula is C31H36F4N4O4. The Kier molecular flexibility index (Phi) is 9.52. The maximum absolute atomic E-state index is 15.6. The molecule has 0 saturated carbocycles. The number of urea groups is 1. The highest BCUT2D eigenvalue weighted by Gasteiger charge is 2.52. The number of alkyl halides is 3. The van der Waals surface area contributed by atoms with Crippen molar-refractivity contribution in [2.24, 2.45) is 0 Å². The van der Waals surface area contributed by atoms with Crippen LogP contribution in [0.1, 0.15) is 28.2 Å². The quantitative estimate of drug-likeness (QED) is 0.341. The molecule has 5 rings (SSSR count). The summed E-state index contributed by atoms with van der Waals surface area (Å²) in [5.41, 5.74) is 0.853. The zero-order chi connectivity index (χ0) is 30.7. The van der Waals surface area contributed by atoms with Gasteiger partial charge in [0.05, 0.1) is 24.8 Å². The lowest BCUT2D eigenvalue weighted by atomic mass is 9.88. The lowest BCUT2D eigenvalue weighted by Crippen LogP contribution is -2.43. The lowest BCUT2D eigenvalue weighted by Gasteiger charge is -2.33. The SMILES string of the molecule is COC1C=CC=C2C1N(Cc1ccccc1C(F)(F)F)C(=O)N2[C@H]1CNCC1c1c(F)cccc1CN(CCO)CCO. The summed E-state index contributed by atoms with van der Waals surface area (Å²) in [6.07, 6.45) is 0.127. The molecule has 2 aliphatic heterocycles. The Morgan fingerprint density at radius 3 is 2.47 bits per heavy atom. The van der Waals surface area contributed by atoms with Gasteiger partial charge in [0.1, 0.15) is 18.0 Å². The third kappa shape index (κ3) is 6.20. The van der Waals surface area contributed by atoms with Crippen molar-refractivity contribution in [1.82, 2.24) is 20.0 Å². The van der Waals surface area contributed by atoms with Crippen LogP contribution >= 0.6 is 0 Å². The van der Waals surface area contributed by atoms with E-state index in [-0.39, 0.29) is 31.9 Å². The number of carbonyl (C=O) groups is 1. The van der Waals surface area contributed by atoms with Gasteiger partial charge in [0, 0.05) is 58.0 Å². The first-order valence-corrected chi connectivity index (χ1v) is 14.3. The number of hydrogen-bond donors (Lipinski definition) is 3. The summed E-state index contributed by atoms with van der Waals surface area (Å²) < 4.78 is 63.0. The highest BCUT2D eigenvalue weighted by Crippen LogP contribution is 2.42. The van der Waals surface area contributed by atoms with E-state index >= 15 is 4.39 Å². The van der Waals surface area contributed by atoms with Crippen molar-refractivity contribution in [2.45, 2.75) is 43.4 Å². The highest BCUT2D eigenvalue weighted by atomic mass is 19.4. The van der Waals surface area contributed by atoms with Crippen LogP contribution in [0.25, 0.3) is 0 Å². The van der Waals surface area contributed by atoms with Crippen LogP contribution in [0.5, 0.6) is 0 Å². The predicted molar refractivity (Wildman–Crippen MR) is 151 cm³/mol. The first kappa shape index (κ1) is 31.1. The topological polar surface area (TPSA) is 88.5 Å². The van der Waals surface area contributed by atoms with E-state index in [9.17, 15) is 28.2 Å². The molecule has 43 heavy (non-hydrogen) atoms. The molecule has 8 nitrogen and oxygen atoms in total. The van der Waals surface area contributed by atoms with Gasteiger partial charge in [0.2, 0.25) is 0 Å². The molecule has 3 aliphatic rings. The van der Waals surface area contributed by atoms with Crippen LogP contribution in [0.3, 0.4) is 0 Å². The molecule has 4 atom stereocenters. The Bertz CT molecular complexity index is 1360. The largest absolute Gasteiger partial charge is 0.416 e. The number of ether oxygens (including phenoxy) is 1. The molecule has 3 unspecified atom stereocenters. The number of nitrogens with zero attached hydrogens (tertiary/aromatic N) is 3. The van der Waals surface area contributed by atoms with Crippen molar-refractivity contribution in [3.05, 3.63) is 94.5 Å². The monoisotopic (exact) mass is 604 g/mol. The normalized spacial score (nSPS) is 23.8. The van der Waals surface area contributed by atoms with Gasteiger partial charge in [-0.15, -0.1) is 0 Å². The fraction of sp³-hybridized carbons (Fsp3) is 0.452. The van der Waals surface area contributed by atoms with Crippen LogP contribution in [0, 0.1) is 5.82 Å². The van der Waals surface area contributed by atoms with Crippen molar-refractivity contribution >= 4 is 6.03 Å². The number of allylic oxidation sites excluding steroid dienone is 2. The second-order valence-corrected chi connectivity index (χ2v) is 10.9. The number of nitrogens with one attached hydrogen (secondary N) is 1. The molecule has 2 heterocycles. The summed E-state index contributed by atoms with van der Waals surface area (Å²) in [6, 6.07) is 8.31. The molecule has 1 aliphatic carbocycles. The highest BCUT2D eigenvalue weighted by molar-refractivity contribution is 5.82. The molecule has 3 N–H and O–H groups in total. The molecule has 2 aromatic rings. The molecule has 2 aromatic carbocycles. The summed E-state index contributed by atoms with van der Waals surface area (Å²) in [6.45, 7) is 1.05. The average Bonchev–Trinajstić information content (AvgIpc) is 3.55. The van der Waals surface area contributed by atoms with Crippen LogP contribution in [-0.4, -0.2) is 95.6 Å². The van der Waals surface area contributed by atoms with Gasteiger partial charge in [-0.1, -0.05) is 42.5 Å². The number of aliphatic hydroxyl groups excluding tert-OH is 2. The second kappa shape index (κ2) is 13.1. The summed E-state index contributed by atoms with van der Waals surface area (Å²) in [5.74, 6) is -0.906. The van der Waals surface area contributed by atoms with Crippen LogP contribution in [0.2, 0.25) is 0 Å². The van der Waals surface area contributed by atoms with Gasteiger partial charge >= 0.3 is 12.2 Å². The Morgan fingerprint density at radius 1 is 1.05 bits per heavy atom. The zero-order valence-corrected chi connectivity index (χ0v) is 23.8. The number of hydrogen-bond acceptors (Lipinski definition) is 6. The smallest absolute Gasteiger partial charge is 0.395 e. The van der Waals surface area contributed by atoms with Gasteiger partial charge in [-0.25, -0.2) is 9.18 Å². The minimum Gasteiger partial charge on any atom is -0.395 e. The Labute approximate surface area is 247 Å². The number of fused-ring (bicyclic) bond motifs is 1. The maximum atomic E-state index is 15.6. The van der Waals surface area contributed by atoms with E-state index in [0.29, 0.717) is 43.0 Å². The lowest BCUT2D eigenvalue weighted by molar-refractivity contribution is -0.138. The number of benzene rings is 2. The van der Waals surface area contributed by atoms with Gasteiger partial charge < -0.3 is 25.2 Å². The standard InChI is InChI=1S/C31H36F4N4O4/c1-43-27-11-5-10-25-29(27)38(19-20-6-2-3-8-23(20)31(33,34)35)30(42)39(25)26-17-36-16-22(26)28-21(7-4-9-24(28)32)18-37(12-14-40)13-15-41/h2-11,22,26-27,29,36,40-41H,12-19H2,1H3/t22?,26-,27?,29?/m0/s1. The number of aliphatic hydroxyl groups is 2. The van der Waals surface area contributed by atoms with E-state index in [1.807, 2.05) is 4.90 Å². The van der Waals surface area contributed by atoms with Crippen molar-refractivity contribution in [1.29, 1.82) is 0 Å². The van der Waals surface area contributed by atoms with E-state index in [1.165, 1.54) is 36.3 Å². The molecular weight excluding hydrogens is 568 g/mol. The van der Waals surface area contributed by atoms with E-state index in [0.717, 1.165) is 6.07 Å². The van der Waals surface area contributed by atoms with Gasteiger partial charge in [-0.05, 0) is 34.9 Å². The molecule has 12 heteroatoms. The Balaban J connectivity index is 1.52. The van der Waals surface area contributed by atoms with E-state index in [4.69, 9.17) is 4.74 Å². The van der Waals surface area contributed by atoms with Crippen molar-refractivity contribution in [3.8, 4) is 0 Å². The number of carbonyl (C=O) groups excluding carboxylic acids is 1. The van der Waals surface area contributed by atoms with E-state index in [1.54, 1.807) is 35.3 Å². The van der Waals surface area contributed by atoms with Crippen molar-refractivity contribution in [3.63, 3.8) is 0 Å². The van der Waals surface area contributed by atoms with Gasteiger partial charge in [0.25, 0.3) is 0 Å². The number of amides is 2. The minimum absolute atomic E-state index is 0.0284. The Morgan fingerprint density at radius 2 is 1.77 bits per heavy atom. The minimum atomic E-state index is -4.59. The second-order valence-electron chi connectivity index (χ2n) is 10.9. The predicted octanol–water partition coefficient (Wildman–Crippen LogP) is 3.46. The van der Waals surface area contributed by atoms with Crippen LogP contribution in [-0.2, 0) is 24.0 Å². The number of halogens is 4.